The highest BCUT2D eigenvalue weighted by molar-refractivity contribution is 7.52. The fourth-order valence-electron chi connectivity index (χ4n) is 1.23. The molecule has 0 heterocycles. The highest BCUT2D eigenvalue weighted by Crippen LogP contribution is 2.44. The SMILES string of the molecule is CCOP(C)(=O)OCc1c(F)c(F)c(F)c(F)c1F. The van der Waals surface area contributed by atoms with Crippen molar-refractivity contribution in [3.63, 3.8) is 0 Å². The van der Waals surface area contributed by atoms with Crippen LogP contribution in [0.1, 0.15) is 12.5 Å². The molecule has 0 amide bonds. The predicted molar refractivity (Wildman–Crippen MR) is 56.2 cm³/mol. The van der Waals surface area contributed by atoms with E-state index in [0.717, 1.165) is 6.66 Å². The Balaban J connectivity index is 3.06. The van der Waals surface area contributed by atoms with Gasteiger partial charge < -0.3 is 9.05 Å². The van der Waals surface area contributed by atoms with Gasteiger partial charge in [0.25, 0.3) is 0 Å². The van der Waals surface area contributed by atoms with E-state index in [9.17, 15) is 26.5 Å². The molecule has 19 heavy (non-hydrogen) atoms. The molecular formula is C10H10F5O3P. The van der Waals surface area contributed by atoms with Crippen LogP contribution in [0.5, 0.6) is 0 Å². The minimum Gasteiger partial charge on any atom is -0.309 e. The van der Waals surface area contributed by atoms with Gasteiger partial charge in [-0.05, 0) is 6.92 Å². The minimum atomic E-state index is -3.61. The molecule has 1 unspecified atom stereocenters. The van der Waals surface area contributed by atoms with Crippen LogP contribution in [0.3, 0.4) is 0 Å². The van der Waals surface area contributed by atoms with Gasteiger partial charge in [-0.3, -0.25) is 4.57 Å². The molecule has 1 aromatic rings. The third-order valence-corrected chi connectivity index (χ3v) is 3.43. The van der Waals surface area contributed by atoms with Gasteiger partial charge >= 0.3 is 7.60 Å². The van der Waals surface area contributed by atoms with Crippen molar-refractivity contribution in [3.8, 4) is 0 Å². The summed E-state index contributed by atoms with van der Waals surface area (Å²) in [5.41, 5.74) is -1.20. The van der Waals surface area contributed by atoms with E-state index in [-0.39, 0.29) is 6.61 Å². The van der Waals surface area contributed by atoms with E-state index in [1.54, 1.807) is 0 Å². The lowest BCUT2D eigenvalue weighted by atomic mass is 10.2. The molecule has 1 rings (SSSR count). The first-order valence-corrected chi connectivity index (χ1v) is 7.07. The Kier molecular flexibility index (Phi) is 5.06. The lowest BCUT2D eigenvalue weighted by Crippen LogP contribution is -2.08. The topological polar surface area (TPSA) is 35.5 Å². The van der Waals surface area contributed by atoms with Crippen LogP contribution < -0.4 is 0 Å². The fourth-order valence-corrected chi connectivity index (χ4v) is 2.14. The second-order valence-corrected chi connectivity index (χ2v) is 5.57. The molecular weight excluding hydrogens is 294 g/mol. The first-order chi connectivity index (χ1) is 8.71. The Hall–Kier alpha value is -0.980. The lowest BCUT2D eigenvalue weighted by Gasteiger charge is -2.14. The number of hydrogen-bond donors (Lipinski definition) is 0. The molecule has 0 aliphatic rings. The number of halogens is 5. The van der Waals surface area contributed by atoms with Gasteiger partial charge in [-0.1, -0.05) is 0 Å². The zero-order valence-corrected chi connectivity index (χ0v) is 10.9. The van der Waals surface area contributed by atoms with Gasteiger partial charge in [0.1, 0.15) is 0 Å². The summed E-state index contributed by atoms with van der Waals surface area (Å²) >= 11 is 0. The third-order valence-electron chi connectivity index (χ3n) is 2.11. The van der Waals surface area contributed by atoms with E-state index < -0.39 is 48.9 Å². The van der Waals surface area contributed by atoms with Crippen molar-refractivity contribution >= 4 is 7.60 Å². The molecule has 0 aliphatic carbocycles. The highest BCUT2D eigenvalue weighted by atomic mass is 31.2. The molecule has 0 radical (unpaired) electrons. The molecule has 3 nitrogen and oxygen atoms in total. The second kappa shape index (κ2) is 5.98. The molecule has 0 spiro atoms. The summed E-state index contributed by atoms with van der Waals surface area (Å²) in [6.07, 6.45) is 0. The van der Waals surface area contributed by atoms with Crippen molar-refractivity contribution in [1.29, 1.82) is 0 Å². The number of rotatable bonds is 5. The van der Waals surface area contributed by atoms with Gasteiger partial charge in [0.2, 0.25) is 5.82 Å². The molecule has 0 fully saturated rings. The first-order valence-electron chi connectivity index (χ1n) is 5.08. The maximum absolute atomic E-state index is 13.2. The van der Waals surface area contributed by atoms with Crippen molar-refractivity contribution in [2.24, 2.45) is 0 Å². The number of hydrogen-bond acceptors (Lipinski definition) is 3. The van der Waals surface area contributed by atoms with Crippen LogP contribution in [-0.2, 0) is 20.2 Å². The lowest BCUT2D eigenvalue weighted by molar-refractivity contribution is 0.202. The molecule has 9 heteroatoms. The molecule has 108 valence electrons. The third kappa shape index (κ3) is 3.52. The van der Waals surface area contributed by atoms with E-state index in [1.807, 2.05) is 0 Å². The van der Waals surface area contributed by atoms with Crippen molar-refractivity contribution in [1.82, 2.24) is 0 Å². The van der Waals surface area contributed by atoms with Crippen LogP contribution in [0.2, 0.25) is 0 Å². The Bertz CT molecular complexity index is 505. The average molecular weight is 304 g/mol. The van der Waals surface area contributed by atoms with E-state index in [0.29, 0.717) is 0 Å². The molecule has 0 aromatic heterocycles. The van der Waals surface area contributed by atoms with Crippen LogP contribution in [0.25, 0.3) is 0 Å². The van der Waals surface area contributed by atoms with Gasteiger partial charge in [-0.25, -0.2) is 22.0 Å². The Morgan fingerprint density at radius 3 is 1.74 bits per heavy atom. The van der Waals surface area contributed by atoms with Gasteiger partial charge in [0.15, 0.2) is 23.3 Å². The van der Waals surface area contributed by atoms with Crippen LogP contribution in [0.15, 0.2) is 0 Å². The van der Waals surface area contributed by atoms with Gasteiger partial charge in [-0.15, -0.1) is 0 Å². The summed E-state index contributed by atoms with van der Waals surface area (Å²) in [5, 5.41) is 0. The minimum absolute atomic E-state index is 0.00484. The Morgan fingerprint density at radius 1 is 0.895 bits per heavy atom. The van der Waals surface area contributed by atoms with Gasteiger partial charge in [0.05, 0.1) is 18.8 Å². The molecule has 1 aromatic carbocycles. The Labute approximate surface area is 105 Å². The van der Waals surface area contributed by atoms with Crippen molar-refractivity contribution in [2.75, 3.05) is 13.3 Å². The average Bonchev–Trinajstić information content (AvgIpc) is 2.34. The maximum Gasteiger partial charge on any atom is 0.327 e. The van der Waals surface area contributed by atoms with E-state index in [4.69, 9.17) is 0 Å². The molecule has 0 N–H and O–H groups in total. The Morgan fingerprint density at radius 2 is 1.32 bits per heavy atom. The summed E-state index contributed by atoms with van der Waals surface area (Å²) in [5.74, 6) is -10.5. The van der Waals surface area contributed by atoms with Crippen LogP contribution in [0, 0.1) is 29.1 Å². The first kappa shape index (κ1) is 16.1. The highest BCUT2D eigenvalue weighted by Gasteiger charge is 2.27. The van der Waals surface area contributed by atoms with Gasteiger partial charge in [-0.2, -0.15) is 0 Å². The zero-order valence-electron chi connectivity index (χ0n) is 9.98. The summed E-state index contributed by atoms with van der Waals surface area (Å²) in [7, 11) is -3.61. The molecule has 1 atom stereocenters. The summed E-state index contributed by atoms with van der Waals surface area (Å²) in [6.45, 7) is 1.46. The largest absolute Gasteiger partial charge is 0.327 e. The fraction of sp³-hybridized carbons (Fsp3) is 0.400. The van der Waals surface area contributed by atoms with Crippen molar-refractivity contribution < 1.29 is 35.6 Å². The van der Waals surface area contributed by atoms with Crippen molar-refractivity contribution in [2.45, 2.75) is 13.5 Å². The summed E-state index contributed by atoms with van der Waals surface area (Å²) < 4.78 is 85.6. The second-order valence-electron chi connectivity index (χ2n) is 3.51. The standard InChI is InChI=1S/C10H10F5O3P/c1-3-17-19(2,16)18-4-5-6(11)8(13)10(15)9(14)7(5)12/h3-4H2,1-2H3. The van der Waals surface area contributed by atoms with E-state index in [1.165, 1.54) is 6.92 Å². The number of benzene rings is 1. The van der Waals surface area contributed by atoms with Crippen molar-refractivity contribution in [3.05, 3.63) is 34.6 Å². The summed E-state index contributed by atoms with van der Waals surface area (Å²) in [4.78, 5) is 0. The monoisotopic (exact) mass is 304 g/mol. The molecule has 0 saturated carbocycles. The quantitative estimate of drug-likeness (QED) is 0.360. The smallest absolute Gasteiger partial charge is 0.309 e. The molecule has 0 aliphatic heterocycles. The van der Waals surface area contributed by atoms with Crippen LogP contribution >= 0.6 is 7.60 Å². The van der Waals surface area contributed by atoms with E-state index in [2.05, 4.69) is 9.05 Å². The summed E-state index contributed by atoms with van der Waals surface area (Å²) in [6, 6.07) is 0. The maximum atomic E-state index is 13.2. The zero-order chi connectivity index (χ0) is 14.8. The van der Waals surface area contributed by atoms with Crippen LogP contribution in [0.4, 0.5) is 22.0 Å². The predicted octanol–water partition coefficient (Wildman–Crippen LogP) is 3.76. The molecule has 0 saturated heterocycles. The van der Waals surface area contributed by atoms with Gasteiger partial charge in [0, 0.05) is 6.66 Å². The van der Waals surface area contributed by atoms with E-state index >= 15 is 0 Å². The normalized spacial score (nSPS) is 14.5. The molecule has 0 bridgehead atoms. The van der Waals surface area contributed by atoms with Crippen LogP contribution in [-0.4, -0.2) is 13.3 Å².